The Bertz CT molecular complexity index is 1170. The molecule has 1 aliphatic heterocycles. The maximum absolute atomic E-state index is 15.3. The van der Waals surface area contributed by atoms with E-state index in [1.165, 1.54) is 0 Å². The van der Waals surface area contributed by atoms with Crippen LogP contribution < -0.4 is 15.2 Å². The summed E-state index contributed by atoms with van der Waals surface area (Å²) in [4.78, 5) is 11.2. The Morgan fingerprint density at radius 1 is 1.17 bits per heavy atom. The van der Waals surface area contributed by atoms with Gasteiger partial charge in [0.1, 0.15) is 30.5 Å². The summed E-state index contributed by atoms with van der Waals surface area (Å²) in [5, 5.41) is 9.19. The highest BCUT2D eigenvalue weighted by molar-refractivity contribution is 5.71. The first-order valence-electron chi connectivity index (χ1n) is 11.8. The molecule has 7 heteroatoms. The van der Waals surface area contributed by atoms with Crippen molar-refractivity contribution in [2.24, 2.45) is 5.73 Å². The average molecular weight is 480 g/mol. The molecule has 3 aromatic carbocycles. The number of hydrogen-bond donors (Lipinski definition) is 2. The van der Waals surface area contributed by atoms with Gasteiger partial charge in [-0.15, -0.1) is 0 Å². The average Bonchev–Trinajstić information content (AvgIpc) is 3.35. The van der Waals surface area contributed by atoms with Crippen LogP contribution in [-0.4, -0.2) is 30.4 Å². The van der Waals surface area contributed by atoms with E-state index in [9.17, 15) is 9.90 Å². The standard InChI is InChI=1S/C28H30FNO5/c1-18(30)24-8-4-9-25(28(24)29)21-12-19(13-23(14-21)34-17-22-7-5-11-33-22)16-35-26-10-3-2-6-20(26)15-27(31)32/h2-4,6,8-10,12-14,18,22H,5,7,11,15-17,30H2,1H3,(H,31,32)/t18-,22?/m1/s1. The van der Waals surface area contributed by atoms with E-state index in [1.807, 2.05) is 12.1 Å². The molecule has 1 heterocycles. The van der Waals surface area contributed by atoms with Crippen LogP contribution >= 0.6 is 0 Å². The second-order valence-electron chi connectivity index (χ2n) is 8.78. The van der Waals surface area contributed by atoms with Crippen molar-refractivity contribution in [3.05, 3.63) is 83.2 Å². The number of carboxylic acid groups (broad SMARTS) is 1. The molecule has 3 N–H and O–H groups in total. The maximum Gasteiger partial charge on any atom is 0.307 e. The number of carbonyl (C=O) groups is 1. The third kappa shape index (κ3) is 6.38. The Hall–Kier alpha value is -3.42. The van der Waals surface area contributed by atoms with Crippen molar-refractivity contribution in [3.8, 4) is 22.6 Å². The highest BCUT2D eigenvalue weighted by Crippen LogP contribution is 2.32. The van der Waals surface area contributed by atoms with E-state index in [0.29, 0.717) is 40.4 Å². The summed E-state index contributed by atoms with van der Waals surface area (Å²) in [6, 6.07) is 17.3. The zero-order valence-corrected chi connectivity index (χ0v) is 19.7. The first kappa shape index (κ1) is 24.7. The van der Waals surface area contributed by atoms with E-state index in [-0.39, 0.29) is 24.9 Å². The van der Waals surface area contributed by atoms with Gasteiger partial charge in [0.05, 0.1) is 12.5 Å². The summed E-state index contributed by atoms with van der Waals surface area (Å²) in [6.07, 6.45) is 1.86. The Morgan fingerprint density at radius 3 is 2.74 bits per heavy atom. The fourth-order valence-electron chi connectivity index (χ4n) is 4.19. The minimum atomic E-state index is -0.933. The molecule has 1 fully saturated rings. The SMILES string of the molecule is C[C@@H](N)c1cccc(-c2cc(COc3ccccc3CC(=O)O)cc(OCC3CCCO3)c2)c1F. The van der Waals surface area contributed by atoms with Crippen LogP contribution in [0.25, 0.3) is 11.1 Å². The third-order valence-electron chi connectivity index (χ3n) is 5.96. The number of rotatable bonds is 10. The monoisotopic (exact) mass is 479 g/mol. The normalized spacial score (nSPS) is 16.1. The van der Waals surface area contributed by atoms with Gasteiger partial charge in [0.15, 0.2) is 0 Å². The molecule has 1 aliphatic rings. The lowest BCUT2D eigenvalue weighted by Crippen LogP contribution is -2.16. The summed E-state index contributed by atoms with van der Waals surface area (Å²) >= 11 is 0. The van der Waals surface area contributed by atoms with E-state index in [0.717, 1.165) is 25.0 Å². The first-order chi connectivity index (χ1) is 16.9. The number of carboxylic acids is 1. The molecule has 6 nitrogen and oxygen atoms in total. The fourth-order valence-corrected chi connectivity index (χ4v) is 4.19. The van der Waals surface area contributed by atoms with E-state index in [4.69, 9.17) is 19.9 Å². The highest BCUT2D eigenvalue weighted by Gasteiger charge is 2.18. The van der Waals surface area contributed by atoms with Crippen molar-refractivity contribution >= 4 is 5.97 Å². The van der Waals surface area contributed by atoms with Crippen molar-refractivity contribution in [1.29, 1.82) is 0 Å². The van der Waals surface area contributed by atoms with Gasteiger partial charge in [-0.3, -0.25) is 4.79 Å². The lowest BCUT2D eigenvalue weighted by Gasteiger charge is -2.17. The molecule has 4 rings (SSSR count). The lowest BCUT2D eigenvalue weighted by molar-refractivity contribution is -0.136. The van der Waals surface area contributed by atoms with Gasteiger partial charge < -0.3 is 25.1 Å². The number of nitrogens with two attached hydrogens (primary N) is 1. The van der Waals surface area contributed by atoms with Crippen LogP contribution in [0.15, 0.2) is 60.7 Å². The summed E-state index contributed by atoms with van der Waals surface area (Å²) in [6.45, 7) is 3.05. The number of aliphatic carboxylic acids is 1. The molecule has 3 aromatic rings. The highest BCUT2D eigenvalue weighted by atomic mass is 19.1. The molecule has 0 amide bonds. The third-order valence-corrected chi connectivity index (χ3v) is 5.96. The minimum Gasteiger partial charge on any atom is -0.491 e. The molecule has 0 bridgehead atoms. The van der Waals surface area contributed by atoms with Crippen LogP contribution in [-0.2, 0) is 22.6 Å². The molecule has 184 valence electrons. The molecule has 35 heavy (non-hydrogen) atoms. The molecule has 1 saturated heterocycles. The Kier molecular flexibility index (Phi) is 8.00. The zero-order chi connectivity index (χ0) is 24.8. The molecule has 0 aromatic heterocycles. The van der Waals surface area contributed by atoms with Crippen molar-refractivity contribution in [2.75, 3.05) is 13.2 Å². The second-order valence-corrected chi connectivity index (χ2v) is 8.78. The van der Waals surface area contributed by atoms with E-state index in [1.54, 1.807) is 55.5 Å². The summed E-state index contributed by atoms with van der Waals surface area (Å²) in [5.41, 5.74) is 8.82. The molecule has 0 spiro atoms. The largest absolute Gasteiger partial charge is 0.491 e. The lowest BCUT2D eigenvalue weighted by atomic mass is 9.97. The zero-order valence-electron chi connectivity index (χ0n) is 19.7. The van der Waals surface area contributed by atoms with Gasteiger partial charge in [-0.2, -0.15) is 0 Å². The number of hydrogen-bond acceptors (Lipinski definition) is 5. The van der Waals surface area contributed by atoms with Crippen LogP contribution in [0.4, 0.5) is 4.39 Å². The number of benzene rings is 3. The van der Waals surface area contributed by atoms with Crippen LogP contribution in [0.1, 0.15) is 42.5 Å². The van der Waals surface area contributed by atoms with E-state index in [2.05, 4.69) is 0 Å². The van der Waals surface area contributed by atoms with E-state index >= 15 is 4.39 Å². The molecule has 1 unspecified atom stereocenters. The first-order valence-corrected chi connectivity index (χ1v) is 11.8. The van der Waals surface area contributed by atoms with Crippen LogP contribution in [0, 0.1) is 5.82 Å². The molecular weight excluding hydrogens is 449 g/mol. The Morgan fingerprint density at radius 2 is 2.00 bits per heavy atom. The number of halogens is 1. The predicted molar refractivity (Wildman–Crippen MR) is 131 cm³/mol. The molecule has 0 radical (unpaired) electrons. The maximum atomic E-state index is 15.3. The van der Waals surface area contributed by atoms with Crippen LogP contribution in [0.5, 0.6) is 11.5 Å². The Balaban J connectivity index is 1.63. The fraction of sp³-hybridized carbons (Fsp3) is 0.321. The van der Waals surface area contributed by atoms with Gasteiger partial charge in [-0.25, -0.2) is 4.39 Å². The van der Waals surface area contributed by atoms with Crippen LogP contribution in [0.2, 0.25) is 0 Å². The number of ether oxygens (including phenoxy) is 3. The van der Waals surface area contributed by atoms with Crippen LogP contribution in [0.3, 0.4) is 0 Å². The molecule has 0 saturated carbocycles. The predicted octanol–water partition coefficient (Wildman–Crippen LogP) is 5.28. The molecule has 2 atom stereocenters. The van der Waals surface area contributed by atoms with Crippen molar-refractivity contribution in [2.45, 2.75) is 44.9 Å². The van der Waals surface area contributed by atoms with Crippen molar-refractivity contribution in [3.63, 3.8) is 0 Å². The van der Waals surface area contributed by atoms with Crippen molar-refractivity contribution < 1.29 is 28.5 Å². The quantitative estimate of drug-likeness (QED) is 0.411. The smallest absolute Gasteiger partial charge is 0.307 e. The molecular formula is C28H30FNO5. The number of para-hydroxylation sites is 1. The van der Waals surface area contributed by atoms with E-state index < -0.39 is 12.0 Å². The topological polar surface area (TPSA) is 91.0 Å². The van der Waals surface area contributed by atoms with Gasteiger partial charge in [0.2, 0.25) is 0 Å². The summed E-state index contributed by atoms with van der Waals surface area (Å²) in [5.74, 6) is -0.219. The van der Waals surface area contributed by atoms with Gasteiger partial charge in [-0.05, 0) is 55.2 Å². The summed E-state index contributed by atoms with van der Waals surface area (Å²) in [7, 11) is 0. The van der Waals surface area contributed by atoms with Gasteiger partial charge in [0, 0.05) is 29.3 Å². The molecule has 0 aliphatic carbocycles. The second kappa shape index (κ2) is 11.3. The van der Waals surface area contributed by atoms with Gasteiger partial charge in [0.25, 0.3) is 0 Å². The minimum absolute atomic E-state index is 0.0411. The van der Waals surface area contributed by atoms with Gasteiger partial charge >= 0.3 is 5.97 Å². The van der Waals surface area contributed by atoms with Gasteiger partial charge in [-0.1, -0.05) is 36.4 Å². The summed E-state index contributed by atoms with van der Waals surface area (Å²) < 4.78 is 33.0. The Labute approximate surface area is 204 Å². The van der Waals surface area contributed by atoms with Crippen molar-refractivity contribution in [1.82, 2.24) is 0 Å².